The average Bonchev–Trinajstić information content (AvgIpc) is 3.06. The highest BCUT2D eigenvalue weighted by Crippen LogP contribution is 2.45. The molecule has 0 radical (unpaired) electrons. The summed E-state index contributed by atoms with van der Waals surface area (Å²) in [6.07, 6.45) is 1.65. The number of benzene rings is 2. The minimum absolute atomic E-state index is 0.263. The van der Waals surface area contributed by atoms with E-state index in [4.69, 9.17) is 4.74 Å². The molecule has 0 spiro atoms. The van der Waals surface area contributed by atoms with Gasteiger partial charge in [-0.2, -0.15) is 5.26 Å². The molecule has 0 saturated carbocycles. The number of nitrogens with zero attached hydrogens (tertiary/aromatic N) is 3. The Kier molecular flexibility index (Phi) is 5.57. The summed E-state index contributed by atoms with van der Waals surface area (Å²) in [5, 5.41) is 9.18. The summed E-state index contributed by atoms with van der Waals surface area (Å²) in [7, 11) is 3.81. The zero-order valence-electron chi connectivity index (χ0n) is 16.0. The van der Waals surface area contributed by atoms with E-state index in [1.807, 2.05) is 32.2 Å². The molecule has 0 amide bonds. The van der Waals surface area contributed by atoms with E-state index in [1.165, 1.54) is 12.1 Å². The van der Waals surface area contributed by atoms with Crippen LogP contribution in [0, 0.1) is 17.1 Å². The second-order valence-corrected chi connectivity index (χ2v) is 6.90. The number of rotatable bonds is 5. The van der Waals surface area contributed by atoms with Crippen LogP contribution in [0.25, 0.3) is 0 Å². The van der Waals surface area contributed by atoms with E-state index in [1.54, 1.807) is 19.2 Å². The van der Waals surface area contributed by atoms with Crippen LogP contribution in [-0.2, 0) is 16.9 Å². The smallest absolute Gasteiger partial charge is 0.123 e. The normalized spacial score (nSPS) is 18.9. The van der Waals surface area contributed by atoms with Crippen LogP contribution in [0.4, 0.5) is 4.39 Å². The highest BCUT2D eigenvalue weighted by Gasteiger charge is 2.41. The van der Waals surface area contributed by atoms with Crippen molar-refractivity contribution in [2.75, 3.05) is 20.6 Å². The van der Waals surface area contributed by atoms with Gasteiger partial charge in [-0.05, 0) is 60.7 Å². The molecule has 0 bridgehead atoms. The topological polar surface area (TPSA) is 48.6 Å². The minimum atomic E-state index is -0.616. The minimum Gasteiger partial charge on any atom is -0.364 e. The van der Waals surface area contributed by atoms with E-state index in [2.05, 4.69) is 16.0 Å². The number of ether oxygens (including phenoxy) is 1. The largest absolute Gasteiger partial charge is 0.364 e. The molecule has 0 aliphatic carbocycles. The van der Waals surface area contributed by atoms with E-state index >= 15 is 0 Å². The predicted octanol–water partition coefficient (Wildman–Crippen LogP) is 4.23. The molecular weight excluding hydrogens is 341 g/mol. The zero-order valence-corrected chi connectivity index (χ0v) is 16.0. The van der Waals surface area contributed by atoms with Crippen LogP contribution < -0.4 is 0 Å². The van der Waals surface area contributed by atoms with Gasteiger partial charge < -0.3 is 9.64 Å². The molecule has 2 aromatic carbocycles. The van der Waals surface area contributed by atoms with Gasteiger partial charge in [0.05, 0.1) is 24.1 Å². The van der Waals surface area contributed by atoms with Crippen LogP contribution in [0.1, 0.15) is 42.0 Å². The molecule has 1 unspecified atom stereocenters. The lowest BCUT2D eigenvalue weighted by atomic mass is 9.81. The first kappa shape index (κ1) is 19.1. The number of aliphatic imine (C=N–C) groups is 1. The predicted molar refractivity (Wildman–Crippen MR) is 104 cm³/mol. The Bertz CT molecular complexity index is 885. The average molecular weight is 365 g/mol. The molecule has 0 aromatic heterocycles. The Balaban J connectivity index is 1.93. The molecule has 5 heteroatoms. The maximum Gasteiger partial charge on any atom is 0.123 e. The molecule has 140 valence electrons. The molecule has 0 saturated heterocycles. The highest BCUT2D eigenvalue weighted by atomic mass is 19.1. The lowest BCUT2D eigenvalue weighted by Crippen LogP contribution is -2.30. The molecule has 0 fully saturated rings. The Morgan fingerprint density at radius 2 is 2.04 bits per heavy atom. The molecule has 1 aliphatic rings. The number of nitriles is 1. The van der Waals surface area contributed by atoms with Gasteiger partial charge >= 0.3 is 0 Å². The molecule has 2 aromatic rings. The van der Waals surface area contributed by atoms with E-state index in [0.717, 1.165) is 41.9 Å². The van der Waals surface area contributed by atoms with Gasteiger partial charge in [0.25, 0.3) is 0 Å². The monoisotopic (exact) mass is 365 g/mol. The van der Waals surface area contributed by atoms with Crippen molar-refractivity contribution in [2.24, 2.45) is 4.99 Å². The Hall–Kier alpha value is -2.71. The van der Waals surface area contributed by atoms with E-state index in [9.17, 15) is 9.65 Å². The van der Waals surface area contributed by atoms with Gasteiger partial charge in [-0.15, -0.1) is 0 Å². The van der Waals surface area contributed by atoms with Crippen molar-refractivity contribution < 1.29 is 9.13 Å². The fourth-order valence-electron chi connectivity index (χ4n) is 3.66. The fraction of sp³-hybridized carbons (Fsp3) is 0.364. The Labute approximate surface area is 159 Å². The number of halogens is 1. The summed E-state index contributed by atoms with van der Waals surface area (Å²) in [5.41, 5.74) is 3.04. The van der Waals surface area contributed by atoms with Crippen LogP contribution in [-0.4, -0.2) is 31.4 Å². The maximum absolute atomic E-state index is 13.5. The van der Waals surface area contributed by atoms with Crippen molar-refractivity contribution in [2.45, 2.75) is 32.0 Å². The molecule has 27 heavy (non-hydrogen) atoms. The van der Waals surface area contributed by atoms with Crippen LogP contribution in [0.2, 0.25) is 0 Å². The standard InChI is InChI=1S/C22H24FN3O/c1-16(25-2)26(3)12-4-11-22(19-6-8-20(23)9-7-19)21-10-5-17(14-24)13-18(21)15-27-22/h5-10,13H,4,11-12,15H2,1-3H3/b25-16-. The van der Waals surface area contributed by atoms with Gasteiger partial charge in [0.2, 0.25) is 0 Å². The summed E-state index contributed by atoms with van der Waals surface area (Å²) in [5.74, 6) is 0.721. The number of amidine groups is 1. The lowest BCUT2D eigenvalue weighted by Gasteiger charge is -2.31. The van der Waals surface area contributed by atoms with Crippen molar-refractivity contribution in [3.05, 3.63) is 70.5 Å². The molecule has 1 heterocycles. The van der Waals surface area contributed by atoms with E-state index < -0.39 is 5.60 Å². The first-order valence-corrected chi connectivity index (χ1v) is 9.08. The van der Waals surface area contributed by atoms with Gasteiger partial charge in [0.15, 0.2) is 0 Å². The highest BCUT2D eigenvalue weighted by molar-refractivity contribution is 5.79. The first-order chi connectivity index (χ1) is 13.0. The SMILES string of the molecule is C/N=C(/C)N(C)CCCC1(c2ccc(F)cc2)OCc2cc(C#N)ccc21. The number of hydrogen-bond donors (Lipinski definition) is 0. The molecule has 0 N–H and O–H groups in total. The van der Waals surface area contributed by atoms with Gasteiger partial charge in [-0.1, -0.05) is 18.2 Å². The Morgan fingerprint density at radius 1 is 1.30 bits per heavy atom. The third-order valence-electron chi connectivity index (χ3n) is 5.35. The van der Waals surface area contributed by atoms with Crippen LogP contribution in [0.3, 0.4) is 0 Å². The molecule has 4 nitrogen and oxygen atoms in total. The van der Waals surface area contributed by atoms with Crippen molar-refractivity contribution in [1.82, 2.24) is 4.90 Å². The van der Waals surface area contributed by atoms with E-state index in [0.29, 0.717) is 12.2 Å². The van der Waals surface area contributed by atoms with Crippen molar-refractivity contribution in [1.29, 1.82) is 5.26 Å². The summed E-state index contributed by atoms with van der Waals surface area (Å²) >= 11 is 0. The fourth-order valence-corrected chi connectivity index (χ4v) is 3.66. The van der Waals surface area contributed by atoms with Crippen LogP contribution in [0.15, 0.2) is 47.5 Å². The van der Waals surface area contributed by atoms with Gasteiger partial charge in [0, 0.05) is 20.6 Å². The molecule has 1 aliphatic heterocycles. The Morgan fingerprint density at radius 3 is 2.70 bits per heavy atom. The molecular formula is C22H24FN3O. The van der Waals surface area contributed by atoms with Gasteiger partial charge in [-0.3, -0.25) is 4.99 Å². The maximum atomic E-state index is 13.5. The van der Waals surface area contributed by atoms with Crippen LogP contribution >= 0.6 is 0 Å². The van der Waals surface area contributed by atoms with Crippen molar-refractivity contribution in [3.8, 4) is 6.07 Å². The third-order valence-corrected chi connectivity index (χ3v) is 5.35. The molecule has 3 rings (SSSR count). The van der Waals surface area contributed by atoms with Crippen LogP contribution in [0.5, 0.6) is 0 Å². The summed E-state index contributed by atoms with van der Waals surface area (Å²) in [6.45, 7) is 3.29. The first-order valence-electron chi connectivity index (χ1n) is 9.08. The lowest BCUT2D eigenvalue weighted by molar-refractivity contribution is -0.0136. The van der Waals surface area contributed by atoms with Gasteiger partial charge in [-0.25, -0.2) is 4.39 Å². The quantitative estimate of drug-likeness (QED) is 0.588. The van der Waals surface area contributed by atoms with E-state index in [-0.39, 0.29) is 5.82 Å². The number of fused-ring (bicyclic) bond motifs is 1. The molecule has 1 atom stereocenters. The zero-order chi connectivity index (χ0) is 19.4. The number of hydrogen-bond acceptors (Lipinski definition) is 3. The summed E-state index contributed by atoms with van der Waals surface area (Å²) in [4.78, 5) is 6.34. The van der Waals surface area contributed by atoms with Crippen molar-refractivity contribution >= 4 is 5.84 Å². The summed E-state index contributed by atoms with van der Waals surface area (Å²) in [6, 6.07) is 14.4. The van der Waals surface area contributed by atoms with Crippen molar-refractivity contribution in [3.63, 3.8) is 0 Å². The second kappa shape index (κ2) is 7.89. The second-order valence-electron chi connectivity index (χ2n) is 6.90. The third kappa shape index (κ3) is 3.72. The summed E-state index contributed by atoms with van der Waals surface area (Å²) < 4.78 is 19.8. The van der Waals surface area contributed by atoms with Gasteiger partial charge in [0.1, 0.15) is 11.4 Å².